The summed E-state index contributed by atoms with van der Waals surface area (Å²) >= 11 is 1.15. The van der Waals surface area contributed by atoms with E-state index in [4.69, 9.17) is 4.74 Å². The van der Waals surface area contributed by atoms with Gasteiger partial charge in [0.1, 0.15) is 12.6 Å². The summed E-state index contributed by atoms with van der Waals surface area (Å²) in [6, 6.07) is 14.1. The molecule has 2 amide bonds. The molecule has 34 heavy (non-hydrogen) atoms. The van der Waals surface area contributed by atoms with Gasteiger partial charge in [-0.25, -0.2) is 4.79 Å². The molecule has 0 aliphatic heterocycles. The van der Waals surface area contributed by atoms with Crippen LogP contribution < -0.4 is 10.6 Å². The zero-order valence-electron chi connectivity index (χ0n) is 18.6. The number of amides is 2. The van der Waals surface area contributed by atoms with Crippen LogP contribution >= 0.6 is 11.5 Å². The zero-order valence-corrected chi connectivity index (χ0v) is 19.5. The molecule has 0 radical (unpaired) electrons. The number of carbonyl (C=O) groups is 3. The maximum Gasteiger partial charge on any atom is 0.407 e. The fraction of sp³-hybridized carbons (Fsp3) is 0.292. The van der Waals surface area contributed by atoms with Crippen LogP contribution in [0, 0.1) is 6.92 Å². The van der Waals surface area contributed by atoms with Crippen molar-refractivity contribution >= 4 is 29.5 Å². The Bertz CT molecular complexity index is 1180. The second kappa shape index (κ2) is 10.0. The molecule has 3 aromatic rings. The minimum atomic E-state index is -1.29. The van der Waals surface area contributed by atoms with Gasteiger partial charge in [0.05, 0.1) is 23.0 Å². The summed E-state index contributed by atoms with van der Waals surface area (Å²) in [5, 5.41) is 18.3. The number of nitrogens with one attached hydrogen (secondary N) is 2. The predicted molar refractivity (Wildman–Crippen MR) is 125 cm³/mol. The predicted octanol–water partition coefficient (Wildman–Crippen LogP) is 3.41. The van der Waals surface area contributed by atoms with Gasteiger partial charge in [-0.1, -0.05) is 53.0 Å². The highest BCUT2D eigenvalue weighted by atomic mass is 32.1. The van der Waals surface area contributed by atoms with Crippen LogP contribution in [0.1, 0.15) is 47.0 Å². The Kier molecular flexibility index (Phi) is 6.87. The van der Waals surface area contributed by atoms with Crippen molar-refractivity contribution in [2.45, 2.75) is 38.3 Å². The Balaban J connectivity index is 1.41. The first-order valence-corrected chi connectivity index (χ1v) is 11.5. The Morgan fingerprint density at radius 3 is 2.24 bits per heavy atom. The molecular formula is C24H24N4O5S. The number of fused-ring (bicyclic) bond motifs is 3. The summed E-state index contributed by atoms with van der Waals surface area (Å²) in [6.07, 6.45) is -1.44. The number of carboxylic acids is 1. The van der Waals surface area contributed by atoms with Crippen LogP contribution in [0.3, 0.4) is 0 Å². The third-order valence-corrected chi connectivity index (χ3v) is 6.78. The highest BCUT2D eigenvalue weighted by Crippen LogP contribution is 2.44. The van der Waals surface area contributed by atoms with E-state index in [1.807, 2.05) is 48.5 Å². The summed E-state index contributed by atoms with van der Waals surface area (Å²) in [5.41, 5.74) is 4.98. The molecule has 9 nitrogen and oxygen atoms in total. The van der Waals surface area contributed by atoms with Crippen LogP contribution in [0.15, 0.2) is 48.5 Å². The summed E-state index contributed by atoms with van der Waals surface area (Å²) < 4.78 is 9.30. The number of aromatic nitrogens is 2. The van der Waals surface area contributed by atoms with Crippen LogP contribution in [0.5, 0.6) is 0 Å². The normalized spacial score (nSPS) is 13.9. The molecule has 1 heterocycles. The average molecular weight is 481 g/mol. The van der Waals surface area contributed by atoms with Crippen molar-refractivity contribution in [3.8, 4) is 11.1 Å². The largest absolute Gasteiger partial charge is 0.481 e. The van der Waals surface area contributed by atoms with Crippen LogP contribution in [-0.2, 0) is 14.3 Å². The monoisotopic (exact) mass is 480 g/mol. The molecule has 0 fully saturated rings. The van der Waals surface area contributed by atoms with E-state index in [0.29, 0.717) is 5.69 Å². The lowest BCUT2D eigenvalue weighted by molar-refractivity contribution is -0.140. The van der Waals surface area contributed by atoms with Crippen LogP contribution in [0.25, 0.3) is 11.1 Å². The minimum Gasteiger partial charge on any atom is -0.481 e. The highest BCUT2D eigenvalue weighted by Gasteiger charge is 2.30. The van der Waals surface area contributed by atoms with Crippen LogP contribution in [-0.4, -0.2) is 45.3 Å². The van der Waals surface area contributed by atoms with Crippen LogP contribution in [0.2, 0.25) is 0 Å². The van der Waals surface area contributed by atoms with Gasteiger partial charge in [0.2, 0.25) is 5.91 Å². The molecule has 10 heteroatoms. The number of hydrogen-bond acceptors (Lipinski definition) is 7. The van der Waals surface area contributed by atoms with Gasteiger partial charge in [-0.05, 0) is 47.6 Å². The molecule has 2 unspecified atom stereocenters. The van der Waals surface area contributed by atoms with Gasteiger partial charge in [-0.15, -0.1) is 5.10 Å². The molecule has 0 saturated carbocycles. The lowest BCUT2D eigenvalue weighted by Gasteiger charge is -2.20. The highest BCUT2D eigenvalue weighted by molar-refractivity contribution is 7.05. The number of rotatable bonds is 8. The number of alkyl carbamates (subject to hydrolysis) is 1. The summed E-state index contributed by atoms with van der Waals surface area (Å²) in [5.74, 6) is -2.00. The standard InChI is InChI=1S/C24H24N4O5S/c1-13(22-14(2)27-28-34-22)25-23(31)20(11-21(29)30)26-24(32)33-12-19-17-9-5-3-7-15(17)16-8-4-6-10-18(16)19/h3-10,13,19-20H,11-12H2,1-2H3,(H,25,31)(H,26,32)(H,29,30). The number of aliphatic carboxylic acids is 1. The number of carbonyl (C=O) groups excluding carboxylic acids is 2. The lowest BCUT2D eigenvalue weighted by atomic mass is 9.98. The first kappa shape index (κ1) is 23.4. The van der Waals surface area contributed by atoms with Crippen molar-refractivity contribution in [3.63, 3.8) is 0 Å². The van der Waals surface area contributed by atoms with Crippen molar-refractivity contribution < 1.29 is 24.2 Å². The van der Waals surface area contributed by atoms with Gasteiger partial charge in [0.25, 0.3) is 0 Å². The Morgan fingerprint density at radius 1 is 1.06 bits per heavy atom. The Hall–Kier alpha value is -3.79. The fourth-order valence-corrected chi connectivity index (χ4v) is 4.82. The molecule has 4 rings (SSSR count). The van der Waals surface area contributed by atoms with Gasteiger partial charge in [0.15, 0.2) is 0 Å². The van der Waals surface area contributed by atoms with Gasteiger partial charge in [-0.3, -0.25) is 9.59 Å². The second-order valence-electron chi connectivity index (χ2n) is 8.07. The van der Waals surface area contributed by atoms with Crippen molar-refractivity contribution in [2.24, 2.45) is 0 Å². The van der Waals surface area contributed by atoms with Crippen LogP contribution in [0.4, 0.5) is 4.79 Å². The molecular weight excluding hydrogens is 456 g/mol. The van der Waals surface area contributed by atoms with E-state index >= 15 is 0 Å². The van der Waals surface area contributed by atoms with Gasteiger partial charge in [-0.2, -0.15) is 0 Å². The van der Waals surface area contributed by atoms with E-state index in [2.05, 4.69) is 20.2 Å². The smallest absolute Gasteiger partial charge is 0.407 e. The third-order valence-electron chi connectivity index (χ3n) is 5.77. The fourth-order valence-electron chi connectivity index (χ4n) is 4.18. The number of benzene rings is 2. The summed E-state index contributed by atoms with van der Waals surface area (Å²) in [6.45, 7) is 3.57. The maximum atomic E-state index is 12.7. The first-order chi connectivity index (χ1) is 16.3. The van der Waals surface area contributed by atoms with Crippen molar-refractivity contribution in [3.05, 3.63) is 70.2 Å². The number of carboxylic acid groups (broad SMARTS) is 1. The molecule has 2 aromatic carbocycles. The molecule has 1 aromatic heterocycles. The number of nitrogens with zero attached hydrogens (tertiary/aromatic N) is 2. The van der Waals surface area contributed by atoms with Crippen molar-refractivity contribution in [1.29, 1.82) is 0 Å². The number of aryl methyl sites for hydroxylation is 1. The van der Waals surface area contributed by atoms with Gasteiger partial charge < -0.3 is 20.5 Å². The van der Waals surface area contributed by atoms with E-state index < -0.39 is 36.5 Å². The average Bonchev–Trinajstić information content (AvgIpc) is 3.38. The summed E-state index contributed by atoms with van der Waals surface area (Å²) in [4.78, 5) is 37.4. The molecule has 3 N–H and O–H groups in total. The van der Waals surface area contributed by atoms with E-state index in [-0.39, 0.29) is 12.5 Å². The third kappa shape index (κ3) is 4.91. The van der Waals surface area contributed by atoms with E-state index in [1.54, 1.807) is 13.8 Å². The molecule has 0 spiro atoms. The van der Waals surface area contributed by atoms with Crippen molar-refractivity contribution in [2.75, 3.05) is 6.61 Å². The zero-order chi connectivity index (χ0) is 24.2. The number of hydrogen-bond donors (Lipinski definition) is 3. The van der Waals surface area contributed by atoms with E-state index in [0.717, 1.165) is 38.7 Å². The van der Waals surface area contributed by atoms with Gasteiger partial charge >= 0.3 is 12.1 Å². The molecule has 0 saturated heterocycles. The number of ether oxygens (including phenoxy) is 1. The molecule has 176 valence electrons. The van der Waals surface area contributed by atoms with E-state index in [9.17, 15) is 19.5 Å². The minimum absolute atomic E-state index is 0.0589. The molecule has 0 bridgehead atoms. The lowest BCUT2D eigenvalue weighted by Crippen LogP contribution is -2.48. The Morgan fingerprint density at radius 2 is 1.68 bits per heavy atom. The molecule has 1 aliphatic carbocycles. The SMILES string of the molecule is Cc1nnsc1C(C)NC(=O)C(CC(=O)O)NC(=O)OCC1c2ccccc2-c2ccccc21. The molecule has 2 atom stereocenters. The van der Waals surface area contributed by atoms with E-state index in [1.165, 1.54) is 0 Å². The first-order valence-electron chi connectivity index (χ1n) is 10.8. The topological polar surface area (TPSA) is 131 Å². The molecule has 1 aliphatic rings. The summed E-state index contributed by atoms with van der Waals surface area (Å²) in [7, 11) is 0. The quantitative estimate of drug-likeness (QED) is 0.450. The maximum absolute atomic E-state index is 12.7. The van der Waals surface area contributed by atoms with Crippen molar-refractivity contribution in [1.82, 2.24) is 20.2 Å². The van der Waals surface area contributed by atoms with Gasteiger partial charge in [0, 0.05) is 5.92 Å². The second-order valence-corrected chi connectivity index (χ2v) is 8.86. The Labute approximate surface area is 200 Å².